The maximum atomic E-state index is 10.8. The third-order valence-electron chi connectivity index (χ3n) is 2.98. The quantitative estimate of drug-likeness (QED) is 0.604. The van der Waals surface area contributed by atoms with Gasteiger partial charge in [0.25, 0.3) is 11.4 Å². The highest BCUT2D eigenvalue weighted by atomic mass is 35.5. The lowest BCUT2D eigenvalue weighted by atomic mass is 10.1. The lowest BCUT2D eigenvalue weighted by Gasteiger charge is -2.15. The Hall–Kier alpha value is -2.67. The summed E-state index contributed by atoms with van der Waals surface area (Å²) in [7, 11) is 0. The van der Waals surface area contributed by atoms with E-state index in [4.69, 9.17) is 16.3 Å². The van der Waals surface area contributed by atoms with Crippen molar-refractivity contribution in [3.63, 3.8) is 0 Å². The number of nitro benzene ring substituents is 2. The van der Waals surface area contributed by atoms with E-state index in [9.17, 15) is 20.2 Å². The summed E-state index contributed by atoms with van der Waals surface area (Å²) in [5.41, 5.74) is 0.423. The van der Waals surface area contributed by atoms with Crippen LogP contribution in [-0.4, -0.2) is 9.85 Å². The first-order valence-electron chi connectivity index (χ1n) is 6.23. The summed E-state index contributed by atoms with van der Waals surface area (Å²) in [6.07, 6.45) is -0.501. The molecule has 1 atom stereocenters. The average Bonchev–Trinajstić information content (AvgIpc) is 2.49. The van der Waals surface area contributed by atoms with Crippen molar-refractivity contribution in [1.29, 1.82) is 0 Å². The predicted molar refractivity (Wildman–Crippen MR) is 80.2 cm³/mol. The Kier molecular flexibility index (Phi) is 4.57. The van der Waals surface area contributed by atoms with Gasteiger partial charge in [0.05, 0.1) is 14.9 Å². The molecule has 0 unspecified atom stereocenters. The normalized spacial score (nSPS) is 11.7. The van der Waals surface area contributed by atoms with Crippen LogP contribution in [0.1, 0.15) is 18.6 Å². The molecular formula is C14H11ClN2O5. The highest BCUT2D eigenvalue weighted by molar-refractivity contribution is 6.32. The minimum atomic E-state index is -0.556. The van der Waals surface area contributed by atoms with Gasteiger partial charge in [0.2, 0.25) is 0 Å². The molecule has 0 aliphatic heterocycles. The maximum absolute atomic E-state index is 10.8. The molecule has 7 nitrogen and oxygen atoms in total. The summed E-state index contributed by atoms with van der Waals surface area (Å²) in [6, 6.07) is 9.91. The molecule has 0 aromatic heterocycles. The SMILES string of the molecule is C[C@H](Oc1ccc([N+](=O)[O-])cc1Cl)c1cccc([N+](=O)[O-])c1. The summed E-state index contributed by atoms with van der Waals surface area (Å²) < 4.78 is 5.62. The molecule has 0 bridgehead atoms. The molecule has 0 radical (unpaired) electrons. The van der Waals surface area contributed by atoms with E-state index in [0.717, 1.165) is 0 Å². The van der Waals surface area contributed by atoms with E-state index in [1.165, 1.54) is 30.3 Å². The topological polar surface area (TPSA) is 95.5 Å². The predicted octanol–water partition coefficient (Wildman–Crippen LogP) is 4.30. The Morgan fingerprint density at radius 1 is 1.05 bits per heavy atom. The Balaban J connectivity index is 2.21. The van der Waals surface area contributed by atoms with Gasteiger partial charge in [-0.2, -0.15) is 0 Å². The Labute approximate surface area is 130 Å². The summed E-state index contributed by atoms with van der Waals surface area (Å²) in [5, 5.41) is 21.5. The highest BCUT2D eigenvalue weighted by Gasteiger charge is 2.15. The number of benzene rings is 2. The van der Waals surface area contributed by atoms with Gasteiger partial charge in [-0.1, -0.05) is 23.7 Å². The number of hydrogen-bond donors (Lipinski definition) is 0. The molecular weight excluding hydrogens is 312 g/mol. The Morgan fingerprint density at radius 3 is 2.27 bits per heavy atom. The molecule has 0 aliphatic carbocycles. The van der Waals surface area contributed by atoms with Crippen LogP contribution in [-0.2, 0) is 0 Å². The van der Waals surface area contributed by atoms with Crippen molar-refractivity contribution in [2.24, 2.45) is 0 Å². The molecule has 2 aromatic rings. The molecule has 0 aliphatic rings. The second-order valence-corrected chi connectivity index (χ2v) is 4.89. The lowest BCUT2D eigenvalue weighted by Crippen LogP contribution is -2.04. The minimum absolute atomic E-state index is 0.0391. The van der Waals surface area contributed by atoms with Crippen LogP contribution in [0, 0.1) is 20.2 Å². The minimum Gasteiger partial charge on any atom is -0.484 e. The van der Waals surface area contributed by atoms with Crippen LogP contribution in [0.4, 0.5) is 11.4 Å². The van der Waals surface area contributed by atoms with Gasteiger partial charge in [-0.25, -0.2) is 0 Å². The molecule has 2 rings (SSSR count). The fourth-order valence-electron chi connectivity index (χ4n) is 1.85. The van der Waals surface area contributed by atoms with Gasteiger partial charge in [0.15, 0.2) is 0 Å². The van der Waals surface area contributed by atoms with Crippen molar-refractivity contribution in [3.05, 3.63) is 73.3 Å². The third-order valence-corrected chi connectivity index (χ3v) is 3.28. The van der Waals surface area contributed by atoms with Crippen molar-refractivity contribution >= 4 is 23.0 Å². The van der Waals surface area contributed by atoms with Gasteiger partial charge >= 0.3 is 0 Å². The van der Waals surface area contributed by atoms with E-state index in [2.05, 4.69) is 0 Å². The van der Waals surface area contributed by atoms with E-state index in [1.54, 1.807) is 19.1 Å². The number of nitrogens with zero attached hydrogens (tertiary/aromatic N) is 2. The molecule has 2 aromatic carbocycles. The van der Waals surface area contributed by atoms with E-state index in [0.29, 0.717) is 5.56 Å². The summed E-state index contributed by atoms with van der Waals surface area (Å²) in [4.78, 5) is 20.4. The standard InChI is InChI=1S/C14H11ClN2O5/c1-9(10-3-2-4-11(7-10)16(18)19)22-14-6-5-12(17(20)21)8-13(14)15/h2-9H,1H3/t9-/m0/s1. The summed E-state index contributed by atoms with van der Waals surface area (Å²) >= 11 is 5.95. The van der Waals surface area contributed by atoms with Crippen molar-refractivity contribution in [2.75, 3.05) is 0 Å². The monoisotopic (exact) mass is 322 g/mol. The second kappa shape index (κ2) is 6.40. The zero-order valence-electron chi connectivity index (χ0n) is 11.4. The van der Waals surface area contributed by atoms with Gasteiger partial charge in [0.1, 0.15) is 11.9 Å². The van der Waals surface area contributed by atoms with Crippen LogP contribution in [0.2, 0.25) is 5.02 Å². The van der Waals surface area contributed by atoms with Gasteiger partial charge in [-0.3, -0.25) is 20.2 Å². The van der Waals surface area contributed by atoms with Crippen molar-refractivity contribution < 1.29 is 14.6 Å². The first-order chi connectivity index (χ1) is 10.4. The summed E-state index contributed by atoms with van der Waals surface area (Å²) in [6.45, 7) is 1.71. The molecule has 0 spiro atoms. The molecule has 0 saturated heterocycles. The van der Waals surface area contributed by atoms with Crippen LogP contribution in [0.3, 0.4) is 0 Å². The van der Waals surface area contributed by atoms with Crippen molar-refractivity contribution in [3.8, 4) is 5.75 Å². The zero-order chi connectivity index (χ0) is 16.3. The second-order valence-electron chi connectivity index (χ2n) is 4.48. The van der Waals surface area contributed by atoms with E-state index < -0.39 is 16.0 Å². The number of nitro groups is 2. The highest BCUT2D eigenvalue weighted by Crippen LogP contribution is 2.32. The fourth-order valence-corrected chi connectivity index (χ4v) is 2.07. The third kappa shape index (κ3) is 3.50. The van der Waals surface area contributed by atoms with Crippen LogP contribution in [0.25, 0.3) is 0 Å². The van der Waals surface area contributed by atoms with Gasteiger partial charge in [-0.15, -0.1) is 0 Å². The van der Waals surface area contributed by atoms with Crippen LogP contribution in [0.5, 0.6) is 5.75 Å². The molecule has 0 saturated carbocycles. The number of hydrogen-bond acceptors (Lipinski definition) is 5. The van der Waals surface area contributed by atoms with Gasteiger partial charge < -0.3 is 4.74 Å². The van der Waals surface area contributed by atoms with Crippen LogP contribution < -0.4 is 4.74 Å². The zero-order valence-corrected chi connectivity index (χ0v) is 12.2. The molecule has 0 fully saturated rings. The first kappa shape index (κ1) is 15.7. The average molecular weight is 323 g/mol. The molecule has 22 heavy (non-hydrogen) atoms. The molecule has 8 heteroatoms. The van der Waals surface area contributed by atoms with Crippen LogP contribution in [0.15, 0.2) is 42.5 Å². The smallest absolute Gasteiger partial charge is 0.271 e. The molecule has 0 heterocycles. The van der Waals surface area contributed by atoms with Gasteiger partial charge in [0, 0.05) is 24.3 Å². The van der Waals surface area contributed by atoms with E-state index in [1.807, 2.05) is 0 Å². The van der Waals surface area contributed by atoms with Crippen molar-refractivity contribution in [2.45, 2.75) is 13.0 Å². The van der Waals surface area contributed by atoms with E-state index >= 15 is 0 Å². The molecule has 114 valence electrons. The maximum Gasteiger partial charge on any atom is 0.271 e. The number of rotatable bonds is 5. The van der Waals surface area contributed by atoms with Crippen LogP contribution >= 0.6 is 11.6 Å². The Bertz CT molecular complexity index is 735. The fraction of sp³-hybridized carbons (Fsp3) is 0.143. The first-order valence-corrected chi connectivity index (χ1v) is 6.61. The number of halogens is 1. The molecule has 0 amide bonds. The summed E-state index contributed by atoms with van der Waals surface area (Å²) in [5.74, 6) is 0.270. The lowest BCUT2D eigenvalue weighted by molar-refractivity contribution is -0.385. The van der Waals surface area contributed by atoms with Gasteiger partial charge in [-0.05, 0) is 18.6 Å². The Morgan fingerprint density at radius 2 is 1.68 bits per heavy atom. The largest absolute Gasteiger partial charge is 0.484 e. The number of non-ortho nitro benzene ring substituents is 2. The molecule has 0 N–H and O–H groups in total. The number of ether oxygens (including phenoxy) is 1. The van der Waals surface area contributed by atoms with E-state index in [-0.39, 0.29) is 22.1 Å². The van der Waals surface area contributed by atoms with Crippen molar-refractivity contribution in [1.82, 2.24) is 0 Å².